The molecule has 5 nitrogen and oxygen atoms in total. The first-order chi connectivity index (χ1) is 9.60. The van der Waals surface area contributed by atoms with Gasteiger partial charge in [-0.15, -0.1) is 0 Å². The molecule has 0 saturated carbocycles. The molecule has 1 N–H and O–H groups in total. The largest absolute Gasteiger partial charge is 0.377 e. The van der Waals surface area contributed by atoms with E-state index in [0.29, 0.717) is 23.0 Å². The van der Waals surface area contributed by atoms with Crippen LogP contribution in [0.1, 0.15) is 25.2 Å². The van der Waals surface area contributed by atoms with Crippen molar-refractivity contribution in [1.82, 2.24) is 14.8 Å². The van der Waals surface area contributed by atoms with Crippen LogP contribution in [0.2, 0.25) is 5.02 Å². The van der Waals surface area contributed by atoms with Crippen LogP contribution >= 0.6 is 11.6 Å². The predicted molar refractivity (Wildman–Crippen MR) is 78.4 cm³/mol. The third kappa shape index (κ3) is 3.49. The highest BCUT2D eigenvalue weighted by atomic mass is 35.5. The maximum absolute atomic E-state index is 8.90. The normalized spacial score (nSPS) is 10.6. The van der Waals surface area contributed by atoms with Crippen molar-refractivity contribution in [3.05, 3.63) is 40.9 Å². The third-order valence-corrected chi connectivity index (χ3v) is 3.10. The molecule has 1 aromatic carbocycles. The lowest BCUT2D eigenvalue weighted by Gasteiger charge is -2.11. The number of nitriles is 1. The summed E-state index contributed by atoms with van der Waals surface area (Å²) in [4.78, 5) is 4.24. The third-order valence-electron chi connectivity index (χ3n) is 2.77. The Morgan fingerprint density at radius 3 is 2.95 bits per heavy atom. The molecule has 20 heavy (non-hydrogen) atoms. The highest BCUT2D eigenvalue weighted by Gasteiger charge is 2.07. The summed E-state index contributed by atoms with van der Waals surface area (Å²) in [5.41, 5.74) is 1.30. The second-order valence-electron chi connectivity index (χ2n) is 4.91. The van der Waals surface area contributed by atoms with Crippen molar-refractivity contribution in [3.63, 3.8) is 0 Å². The van der Waals surface area contributed by atoms with Crippen molar-refractivity contribution in [2.24, 2.45) is 5.92 Å². The summed E-state index contributed by atoms with van der Waals surface area (Å²) in [5, 5.41) is 16.9. The standard InChI is InChI=1S/C14H16ClN5/c1-10(2)8-20-14(18-9-19-20)7-17-13-5-11(6-16)3-4-12(13)15/h3-5,9-10,17H,7-8H2,1-2H3. The Balaban J connectivity index is 2.09. The highest BCUT2D eigenvalue weighted by molar-refractivity contribution is 6.33. The molecular formula is C14H16ClN5. The van der Waals surface area contributed by atoms with Crippen molar-refractivity contribution in [2.75, 3.05) is 5.32 Å². The number of benzene rings is 1. The van der Waals surface area contributed by atoms with Crippen LogP contribution in [0.25, 0.3) is 0 Å². The Morgan fingerprint density at radius 2 is 2.25 bits per heavy atom. The number of nitrogens with zero attached hydrogens (tertiary/aromatic N) is 4. The molecule has 2 rings (SSSR count). The van der Waals surface area contributed by atoms with Crippen molar-refractivity contribution >= 4 is 17.3 Å². The molecule has 0 aliphatic carbocycles. The van der Waals surface area contributed by atoms with Crippen molar-refractivity contribution < 1.29 is 0 Å². The SMILES string of the molecule is CC(C)Cn1ncnc1CNc1cc(C#N)ccc1Cl. The lowest BCUT2D eigenvalue weighted by molar-refractivity contribution is 0.468. The monoisotopic (exact) mass is 289 g/mol. The highest BCUT2D eigenvalue weighted by Crippen LogP contribution is 2.23. The minimum Gasteiger partial charge on any atom is -0.377 e. The van der Waals surface area contributed by atoms with E-state index in [1.54, 1.807) is 24.5 Å². The molecule has 0 atom stereocenters. The number of aromatic nitrogens is 3. The van der Waals surface area contributed by atoms with Gasteiger partial charge in [-0.05, 0) is 24.1 Å². The molecule has 6 heteroatoms. The number of nitrogens with one attached hydrogen (secondary N) is 1. The molecule has 1 heterocycles. The average Bonchev–Trinajstić information content (AvgIpc) is 2.84. The van der Waals surface area contributed by atoms with E-state index in [1.807, 2.05) is 4.68 Å². The average molecular weight is 290 g/mol. The zero-order valence-electron chi connectivity index (χ0n) is 11.5. The zero-order valence-corrected chi connectivity index (χ0v) is 12.2. The number of halogens is 1. The smallest absolute Gasteiger partial charge is 0.146 e. The summed E-state index contributed by atoms with van der Waals surface area (Å²) in [6, 6.07) is 7.22. The number of rotatable bonds is 5. The predicted octanol–water partition coefficient (Wildman–Crippen LogP) is 3.07. The molecule has 0 aliphatic rings. The van der Waals surface area contributed by atoms with Gasteiger partial charge in [0.2, 0.25) is 0 Å². The molecule has 1 aromatic heterocycles. The van der Waals surface area contributed by atoms with Crippen LogP contribution in [0.15, 0.2) is 24.5 Å². The first-order valence-electron chi connectivity index (χ1n) is 6.40. The van der Waals surface area contributed by atoms with Gasteiger partial charge in [0.1, 0.15) is 12.2 Å². The minimum absolute atomic E-state index is 0.501. The van der Waals surface area contributed by atoms with E-state index in [4.69, 9.17) is 16.9 Å². The van der Waals surface area contributed by atoms with Gasteiger partial charge in [-0.25, -0.2) is 9.67 Å². The number of hydrogen-bond donors (Lipinski definition) is 1. The van der Waals surface area contributed by atoms with Crippen molar-refractivity contribution in [1.29, 1.82) is 5.26 Å². The van der Waals surface area contributed by atoms with Gasteiger partial charge >= 0.3 is 0 Å². The van der Waals surface area contributed by atoms with E-state index in [2.05, 4.69) is 35.3 Å². The van der Waals surface area contributed by atoms with Gasteiger partial charge in [0.25, 0.3) is 0 Å². The maximum Gasteiger partial charge on any atom is 0.146 e. The van der Waals surface area contributed by atoms with Crippen LogP contribution in [0, 0.1) is 17.2 Å². The van der Waals surface area contributed by atoms with Crippen LogP contribution in [0.4, 0.5) is 5.69 Å². The van der Waals surface area contributed by atoms with E-state index in [9.17, 15) is 0 Å². The molecular weight excluding hydrogens is 274 g/mol. The maximum atomic E-state index is 8.90. The molecule has 0 unspecified atom stereocenters. The van der Waals surface area contributed by atoms with Gasteiger partial charge in [-0.3, -0.25) is 0 Å². The Hall–Kier alpha value is -2.06. The Kier molecular flexibility index (Phi) is 4.59. The molecule has 0 amide bonds. The van der Waals surface area contributed by atoms with Gasteiger partial charge in [0.05, 0.1) is 28.9 Å². The molecule has 0 aliphatic heterocycles. The minimum atomic E-state index is 0.501. The lowest BCUT2D eigenvalue weighted by Crippen LogP contribution is -2.13. The summed E-state index contributed by atoms with van der Waals surface area (Å²) in [7, 11) is 0. The van der Waals surface area contributed by atoms with Gasteiger partial charge in [0, 0.05) is 6.54 Å². The van der Waals surface area contributed by atoms with Crippen molar-refractivity contribution in [2.45, 2.75) is 26.9 Å². The molecule has 0 saturated heterocycles. The van der Waals surface area contributed by atoms with E-state index in [1.165, 1.54) is 0 Å². The summed E-state index contributed by atoms with van der Waals surface area (Å²) >= 11 is 6.10. The first-order valence-corrected chi connectivity index (χ1v) is 6.78. The second kappa shape index (κ2) is 6.40. The first kappa shape index (κ1) is 14.4. The van der Waals surface area contributed by atoms with E-state index < -0.39 is 0 Å². The number of anilines is 1. The van der Waals surface area contributed by atoms with E-state index in [-0.39, 0.29) is 0 Å². The van der Waals surface area contributed by atoms with E-state index in [0.717, 1.165) is 18.1 Å². The van der Waals surface area contributed by atoms with Gasteiger partial charge < -0.3 is 5.32 Å². The quantitative estimate of drug-likeness (QED) is 0.918. The van der Waals surface area contributed by atoms with Gasteiger partial charge in [0.15, 0.2) is 0 Å². The summed E-state index contributed by atoms with van der Waals surface area (Å²) < 4.78 is 1.87. The molecule has 0 radical (unpaired) electrons. The summed E-state index contributed by atoms with van der Waals surface area (Å²) in [6.07, 6.45) is 1.55. The fraction of sp³-hybridized carbons (Fsp3) is 0.357. The molecule has 0 bridgehead atoms. The van der Waals surface area contributed by atoms with Crippen LogP contribution < -0.4 is 5.32 Å². The molecule has 2 aromatic rings. The molecule has 0 fully saturated rings. The summed E-state index contributed by atoms with van der Waals surface area (Å²) in [5.74, 6) is 1.35. The Morgan fingerprint density at radius 1 is 1.45 bits per heavy atom. The van der Waals surface area contributed by atoms with Gasteiger partial charge in [-0.1, -0.05) is 25.4 Å². The van der Waals surface area contributed by atoms with Gasteiger partial charge in [-0.2, -0.15) is 10.4 Å². The molecule has 0 spiro atoms. The van der Waals surface area contributed by atoms with Crippen LogP contribution in [-0.4, -0.2) is 14.8 Å². The number of hydrogen-bond acceptors (Lipinski definition) is 4. The summed E-state index contributed by atoms with van der Waals surface area (Å²) in [6.45, 7) is 5.60. The van der Waals surface area contributed by atoms with Crippen LogP contribution in [0.3, 0.4) is 0 Å². The topological polar surface area (TPSA) is 66.5 Å². The zero-order chi connectivity index (χ0) is 14.5. The Bertz CT molecular complexity index is 627. The fourth-order valence-corrected chi connectivity index (χ4v) is 2.01. The van der Waals surface area contributed by atoms with Crippen LogP contribution in [-0.2, 0) is 13.1 Å². The van der Waals surface area contributed by atoms with Crippen LogP contribution in [0.5, 0.6) is 0 Å². The fourth-order valence-electron chi connectivity index (χ4n) is 1.83. The second-order valence-corrected chi connectivity index (χ2v) is 5.32. The Labute approximate surface area is 123 Å². The van der Waals surface area contributed by atoms with E-state index >= 15 is 0 Å². The van der Waals surface area contributed by atoms with Crippen molar-refractivity contribution in [3.8, 4) is 6.07 Å². The molecule has 104 valence electrons. The lowest BCUT2D eigenvalue weighted by atomic mass is 10.2.